The van der Waals surface area contributed by atoms with Gasteiger partial charge in [-0.05, 0) is 158 Å². The third-order valence-electron chi connectivity index (χ3n) is 19.9. The molecule has 0 amide bonds. The van der Waals surface area contributed by atoms with E-state index in [9.17, 15) is 19.2 Å². The van der Waals surface area contributed by atoms with E-state index < -0.39 is 11.9 Å². The quantitative estimate of drug-likeness (QED) is 0.0349. The summed E-state index contributed by atoms with van der Waals surface area (Å²) in [7, 11) is 0. The lowest BCUT2D eigenvalue weighted by Crippen LogP contribution is -2.05. The second-order valence-electron chi connectivity index (χ2n) is 28.3. The molecule has 19 rings (SSSR count). The first-order chi connectivity index (χ1) is 59.6. The number of carbonyl (C=O) groups is 4. The maximum atomic E-state index is 11.7. The van der Waals surface area contributed by atoms with E-state index in [1.54, 1.807) is 6.92 Å². The normalized spacial score (nSPS) is 10.6. The largest absolute Gasteiger partial charge is 0.458 e. The van der Waals surface area contributed by atoms with E-state index in [1.165, 1.54) is 72.6 Å². The number of allylic oxidation sites excluding steroid dienone is 2. The minimum Gasteiger partial charge on any atom is -0.458 e. The molecule has 2 aliphatic rings. The second-order valence-corrected chi connectivity index (χ2v) is 28.3. The average molecular weight is 1590 g/mol. The predicted octanol–water partition coefficient (Wildman–Crippen LogP) is 28.9. The first-order valence-electron chi connectivity index (χ1n) is 40.1. The van der Waals surface area contributed by atoms with E-state index in [-0.39, 0.29) is 25.2 Å². The van der Waals surface area contributed by atoms with Gasteiger partial charge in [0, 0.05) is 45.7 Å². The number of hydrogen-bond donors (Lipinski definition) is 0. The topological polar surface area (TPSA) is 105 Å². The minimum atomic E-state index is -0.443. The van der Waals surface area contributed by atoms with E-state index >= 15 is 0 Å². The lowest BCUT2D eigenvalue weighted by molar-refractivity contribution is -0.140. The Morgan fingerprint density at radius 1 is 0.328 bits per heavy atom. The number of esters is 4. The third kappa shape index (κ3) is 24.3. The molecule has 0 aromatic heterocycles. The van der Waals surface area contributed by atoms with Crippen molar-refractivity contribution in [3.05, 3.63) is 489 Å². The van der Waals surface area contributed by atoms with Gasteiger partial charge in [-0.3, -0.25) is 0 Å². The van der Waals surface area contributed by atoms with Gasteiger partial charge in [0.05, 0.1) is 0 Å². The molecule has 8 nitrogen and oxygen atoms in total. The molecule has 2 aliphatic carbocycles. The monoisotopic (exact) mass is 1590 g/mol. The van der Waals surface area contributed by atoms with Gasteiger partial charge in [0.15, 0.2) is 0 Å². The van der Waals surface area contributed by atoms with E-state index in [4.69, 9.17) is 18.9 Å². The number of hydrogen-bond acceptors (Lipinski definition) is 8. The zero-order valence-electron chi connectivity index (χ0n) is 68.8. The van der Waals surface area contributed by atoms with Crippen molar-refractivity contribution in [2.45, 2.75) is 40.1 Å². The van der Waals surface area contributed by atoms with Crippen LogP contribution in [0.3, 0.4) is 0 Å². The van der Waals surface area contributed by atoms with Crippen molar-refractivity contribution < 1.29 is 38.1 Å². The summed E-state index contributed by atoms with van der Waals surface area (Å²) in [6.45, 7) is 29.5. The Morgan fingerprint density at radius 2 is 0.697 bits per heavy atom. The molecule has 0 N–H and O–H groups in total. The van der Waals surface area contributed by atoms with Crippen molar-refractivity contribution >= 4 is 146 Å². The van der Waals surface area contributed by atoms with E-state index in [0.717, 1.165) is 99.4 Å². The molecule has 0 atom stereocenters. The van der Waals surface area contributed by atoms with Gasteiger partial charge < -0.3 is 18.9 Å². The first kappa shape index (κ1) is 87.2. The summed E-state index contributed by atoms with van der Waals surface area (Å²) >= 11 is 0. The van der Waals surface area contributed by atoms with Gasteiger partial charge in [0.2, 0.25) is 0 Å². The van der Waals surface area contributed by atoms with Crippen LogP contribution >= 0.6 is 0 Å². The molecule has 0 bridgehead atoms. The Bertz CT molecular complexity index is 6430. The third-order valence-corrected chi connectivity index (χ3v) is 19.9. The molecule has 0 radical (unpaired) electrons. The Balaban J connectivity index is 0.000000136. The first-order valence-corrected chi connectivity index (χ1v) is 40.1. The summed E-state index contributed by atoms with van der Waals surface area (Å²) in [6.07, 6.45) is 17.1. The lowest BCUT2D eigenvalue weighted by Gasteiger charge is -2.12. The zero-order valence-corrected chi connectivity index (χ0v) is 68.8. The number of rotatable bonds is 14. The van der Waals surface area contributed by atoms with Crippen LogP contribution in [0.15, 0.2) is 434 Å². The molecule has 0 aliphatic heterocycles. The molecule has 8 heteroatoms. The highest BCUT2D eigenvalue weighted by molar-refractivity contribution is 6.08. The Hall–Kier alpha value is -15.6. The van der Waals surface area contributed by atoms with E-state index in [0.29, 0.717) is 17.9 Å². The molecule has 17 aromatic rings. The van der Waals surface area contributed by atoms with Crippen LogP contribution in [0, 0.1) is 0 Å². The second kappa shape index (κ2) is 45.2. The smallest absolute Gasteiger partial charge is 0.335 e. The van der Waals surface area contributed by atoms with Gasteiger partial charge in [0.25, 0.3) is 0 Å². The van der Waals surface area contributed by atoms with Crippen LogP contribution in [0.4, 0.5) is 0 Å². The summed E-state index contributed by atoms with van der Waals surface area (Å²) in [6, 6.07) is 120. The van der Waals surface area contributed by atoms with Gasteiger partial charge in [0.1, 0.15) is 25.6 Å². The van der Waals surface area contributed by atoms with E-state index in [1.807, 2.05) is 195 Å². The summed E-state index contributed by atoms with van der Waals surface area (Å²) in [5.41, 5.74) is 13.7. The van der Waals surface area contributed by atoms with Crippen LogP contribution in [0.5, 0.6) is 5.75 Å². The van der Waals surface area contributed by atoms with Crippen molar-refractivity contribution in [2.24, 2.45) is 0 Å². The standard InChI is InChI=1S/C19H16O2.C18H14O2.C17H12O2.C12H8.C12H10.C10H10O2.C9H8.C9H10.C8H8/c1-13(2)19(20)21-12-18-16-9-5-3-7-14(16)11-15-8-4-6-10-17(15)18;1-2-18(19)20-12-17-15-9-5-3-7-13(15)11-14-8-4-6-10-16(14)17;1-2-16(18)19-17-14-9-5-3-7-12(14)11-13-8-4-6-10-15(13)17;1-3-9-4-2-6-11-8-7-10(5-1)12(9)11;1-2-10-7-5-8-11-6-3-4-9-12(10)11;1-2-10(11)12-8-9-6-4-3-5-7-9;1-2-5-9-7-3-6-8(9)4-1;1-8(2)9-6-4-3-5-7-9;1-2-8-6-4-3-5-7-8/h3-11H,1,12H2,2H3;2-11H,1,12H2;2-11H,1H2;1-8H;2-9H,1H2;2-7H,1,8H2;1-6H,7H2;3-7H,1H2,2H3;2-7H,1H2. The Kier molecular flexibility index (Phi) is 32.3. The Labute approximate surface area is 714 Å². The molecule has 0 saturated carbocycles. The highest BCUT2D eigenvalue weighted by atomic mass is 16.5. The maximum Gasteiger partial charge on any atom is 0.335 e. The molecule has 17 aromatic carbocycles. The SMILES string of the molecule is C1=Cc2cccc3cccc1c23.C1=Cc2ccccc2C1.C=C(C)C(=O)OCc1c2ccccc2cc2ccccc12.C=C(C)c1ccccc1.C=CC(=O)OCc1c2ccccc2cc2ccccc12.C=CC(=O)OCc1ccccc1.C=CC(=O)Oc1c2ccccc2cc2ccccc12.C=Cc1cccc2ccccc12.C=Cc1ccccc1. The van der Waals surface area contributed by atoms with Gasteiger partial charge in [-0.2, -0.15) is 0 Å². The molecular formula is C114H96O8. The molecule has 0 unspecified atom stereocenters. The van der Waals surface area contributed by atoms with Crippen LogP contribution in [0.1, 0.15) is 69.5 Å². The fourth-order valence-corrected chi connectivity index (χ4v) is 13.8. The average Bonchev–Trinajstić information content (AvgIpc) is 1.70. The summed E-state index contributed by atoms with van der Waals surface area (Å²) in [5.74, 6) is -0.993. The predicted molar refractivity (Wildman–Crippen MR) is 515 cm³/mol. The van der Waals surface area contributed by atoms with Crippen molar-refractivity contribution in [2.75, 3.05) is 0 Å². The van der Waals surface area contributed by atoms with Gasteiger partial charge in [-0.25, -0.2) is 19.2 Å². The lowest BCUT2D eigenvalue weighted by atomic mass is 9.97. The zero-order chi connectivity index (χ0) is 85.8. The molecular weight excluding hydrogens is 1500 g/mol. The van der Waals surface area contributed by atoms with Crippen LogP contribution in [-0.2, 0) is 59.6 Å². The molecule has 0 fully saturated rings. The van der Waals surface area contributed by atoms with Crippen molar-refractivity contribution in [1.29, 1.82) is 0 Å². The number of fused-ring (bicyclic) bond motifs is 8. The highest BCUT2D eigenvalue weighted by Gasteiger charge is 2.15. The molecule has 0 heterocycles. The van der Waals surface area contributed by atoms with Crippen LogP contribution in [-0.4, -0.2) is 23.9 Å². The van der Waals surface area contributed by atoms with Gasteiger partial charge in [-0.1, -0.05) is 428 Å². The van der Waals surface area contributed by atoms with Crippen molar-refractivity contribution in [3.8, 4) is 5.75 Å². The summed E-state index contributed by atoms with van der Waals surface area (Å²) < 4.78 is 20.9. The molecule has 0 spiro atoms. The highest BCUT2D eigenvalue weighted by Crippen LogP contribution is 2.37. The van der Waals surface area contributed by atoms with Crippen molar-refractivity contribution in [3.63, 3.8) is 0 Å². The Morgan fingerprint density at radius 3 is 1.13 bits per heavy atom. The summed E-state index contributed by atoms with van der Waals surface area (Å²) in [5, 5.41) is 18.3. The van der Waals surface area contributed by atoms with Crippen LogP contribution < -0.4 is 4.74 Å². The van der Waals surface area contributed by atoms with E-state index in [2.05, 4.69) is 252 Å². The molecule has 0 saturated heterocycles. The fourth-order valence-electron chi connectivity index (χ4n) is 13.8. The molecule has 122 heavy (non-hydrogen) atoms. The van der Waals surface area contributed by atoms with Crippen LogP contribution in [0.2, 0.25) is 0 Å². The summed E-state index contributed by atoms with van der Waals surface area (Å²) in [4.78, 5) is 45.2. The number of ether oxygens (including phenoxy) is 4. The van der Waals surface area contributed by atoms with Gasteiger partial charge in [-0.15, -0.1) is 0 Å². The number of benzene rings is 17. The fraction of sp³-hybridized carbons (Fsp3) is 0.0526. The van der Waals surface area contributed by atoms with Crippen LogP contribution in [0.25, 0.3) is 122 Å². The molecule has 600 valence electrons. The minimum absolute atomic E-state index is 0.257. The van der Waals surface area contributed by atoms with Gasteiger partial charge >= 0.3 is 23.9 Å². The maximum absolute atomic E-state index is 11.7. The number of carbonyl (C=O) groups excluding carboxylic acids is 4. The van der Waals surface area contributed by atoms with Crippen molar-refractivity contribution in [1.82, 2.24) is 0 Å².